The smallest absolute Gasteiger partial charge is 0.201 e. The Morgan fingerprint density at radius 3 is 2.26 bits per heavy atom. The van der Waals surface area contributed by atoms with Gasteiger partial charge in [-0.1, -0.05) is 49.4 Å². The molecule has 0 bridgehead atoms. The molecule has 0 N–H and O–H groups in total. The molecule has 0 saturated carbocycles. The van der Waals surface area contributed by atoms with Crippen molar-refractivity contribution >= 4 is 0 Å². The summed E-state index contributed by atoms with van der Waals surface area (Å²) in [7, 11) is 0. The van der Waals surface area contributed by atoms with Crippen LogP contribution in [-0.2, 0) is 9.47 Å². The molecule has 6 heteroatoms. The normalized spacial score (nSPS) is 17.8. The highest BCUT2D eigenvalue weighted by molar-refractivity contribution is 5.71. The van der Waals surface area contributed by atoms with Crippen LogP contribution in [0, 0.1) is 23.4 Å². The zero-order chi connectivity index (χ0) is 24.8. The van der Waals surface area contributed by atoms with Gasteiger partial charge in [0.25, 0.3) is 0 Å². The highest BCUT2D eigenvalue weighted by Gasteiger charge is 2.25. The molecule has 1 heterocycles. The van der Waals surface area contributed by atoms with Crippen molar-refractivity contribution in [2.45, 2.75) is 32.5 Å². The molecule has 1 saturated heterocycles. The molecular weight excluding hydrogens is 453 g/mol. The molecule has 3 aromatic rings. The van der Waals surface area contributed by atoms with Gasteiger partial charge in [0.1, 0.15) is 5.82 Å². The topological polar surface area (TPSA) is 27.7 Å². The SMILES string of the molecule is C=CCCC1COC(c2ccc(-c3ccc(-c4ccc(OCCC)c(F)c4F)cc3)cc2F)OC1. The predicted molar refractivity (Wildman–Crippen MR) is 131 cm³/mol. The quantitative estimate of drug-likeness (QED) is 0.291. The highest BCUT2D eigenvalue weighted by atomic mass is 19.2. The molecule has 0 amide bonds. The summed E-state index contributed by atoms with van der Waals surface area (Å²) in [5.74, 6) is -2.20. The third kappa shape index (κ3) is 5.77. The van der Waals surface area contributed by atoms with Crippen LogP contribution in [0.2, 0.25) is 0 Å². The second-order valence-electron chi connectivity index (χ2n) is 8.63. The van der Waals surface area contributed by atoms with Crippen molar-refractivity contribution in [3.8, 4) is 28.0 Å². The first-order valence-electron chi connectivity index (χ1n) is 11.9. The summed E-state index contributed by atoms with van der Waals surface area (Å²) in [6, 6.07) is 14.7. The maximum absolute atomic E-state index is 14.9. The van der Waals surface area contributed by atoms with E-state index in [-0.39, 0.29) is 17.2 Å². The number of hydrogen-bond donors (Lipinski definition) is 0. The Hall–Kier alpha value is -3.09. The molecule has 1 fully saturated rings. The number of rotatable bonds is 9. The molecule has 0 spiro atoms. The van der Waals surface area contributed by atoms with Crippen molar-refractivity contribution in [2.75, 3.05) is 19.8 Å². The maximum atomic E-state index is 14.9. The van der Waals surface area contributed by atoms with E-state index < -0.39 is 23.7 Å². The molecule has 0 aliphatic carbocycles. The molecule has 3 aromatic carbocycles. The lowest BCUT2D eigenvalue weighted by Crippen LogP contribution is -2.27. The minimum atomic E-state index is -1.00. The Labute approximate surface area is 204 Å². The van der Waals surface area contributed by atoms with Crippen LogP contribution in [-0.4, -0.2) is 19.8 Å². The van der Waals surface area contributed by atoms with Gasteiger partial charge in [0.05, 0.1) is 19.8 Å². The summed E-state index contributed by atoms with van der Waals surface area (Å²) in [5, 5.41) is 0. The monoisotopic (exact) mass is 482 g/mol. The van der Waals surface area contributed by atoms with Crippen molar-refractivity contribution in [3.05, 3.63) is 90.3 Å². The van der Waals surface area contributed by atoms with Crippen LogP contribution in [0.3, 0.4) is 0 Å². The standard InChI is InChI=1S/C29H29F3O3/c1-3-5-6-19-17-34-29(35-18-19)24-12-11-22(16-25(24)30)20-7-9-21(10-8-20)23-13-14-26(33-15-4-2)28(32)27(23)31/h3,7-14,16,19,29H,1,4-6,15,17-18H2,2H3. The van der Waals surface area contributed by atoms with Crippen molar-refractivity contribution in [3.63, 3.8) is 0 Å². The lowest BCUT2D eigenvalue weighted by molar-refractivity contribution is -0.207. The lowest BCUT2D eigenvalue weighted by Gasteiger charge is -2.29. The predicted octanol–water partition coefficient (Wildman–Crippen LogP) is 7.85. The largest absolute Gasteiger partial charge is 0.490 e. The van der Waals surface area contributed by atoms with E-state index in [0.29, 0.717) is 42.9 Å². The first-order chi connectivity index (χ1) is 17.0. The van der Waals surface area contributed by atoms with Crippen LogP contribution in [0.4, 0.5) is 13.2 Å². The van der Waals surface area contributed by atoms with Gasteiger partial charge in [-0.05, 0) is 54.2 Å². The van der Waals surface area contributed by atoms with Crippen LogP contribution >= 0.6 is 0 Å². The number of halogens is 3. The van der Waals surface area contributed by atoms with Crippen molar-refractivity contribution in [2.24, 2.45) is 5.92 Å². The molecule has 0 atom stereocenters. The Kier molecular flexibility index (Phi) is 8.26. The molecule has 0 aromatic heterocycles. The fourth-order valence-corrected chi connectivity index (χ4v) is 4.06. The van der Waals surface area contributed by atoms with Crippen LogP contribution < -0.4 is 4.74 Å². The van der Waals surface area contributed by atoms with Crippen LogP contribution in [0.1, 0.15) is 38.0 Å². The lowest BCUT2D eigenvalue weighted by atomic mass is 9.98. The van der Waals surface area contributed by atoms with Crippen LogP contribution in [0.15, 0.2) is 67.3 Å². The van der Waals surface area contributed by atoms with Gasteiger partial charge in [-0.15, -0.1) is 6.58 Å². The van der Waals surface area contributed by atoms with E-state index in [4.69, 9.17) is 14.2 Å². The van der Waals surface area contributed by atoms with E-state index in [0.717, 1.165) is 18.4 Å². The molecule has 35 heavy (non-hydrogen) atoms. The van der Waals surface area contributed by atoms with Crippen molar-refractivity contribution < 1.29 is 27.4 Å². The van der Waals surface area contributed by atoms with Gasteiger partial charge in [-0.2, -0.15) is 4.39 Å². The van der Waals surface area contributed by atoms with Crippen LogP contribution in [0.25, 0.3) is 22.3 Å². The third-order valence-electron chi connectivity index (χ3n) is 6.04. The molecule has 3 nitrogen and oxygen atoms in total. The van der Waals surface area contributed by atoms with Gasteiger partial charge in [0.2, 0.25) is 5.82 Å². The van der Waals surface area contributed by atoms with E-state index in [1.165, 1.54) is 18.2 Å². The first-order valence-corrected chi connectivity index (χ1v) is 11.9. The van der Waals surface area contributed by atoms with E-state index >= 15 is 0 Å². The average Bonchev–Trinajstić information content (AvgIpc) is 2.89. The van der Waals surface area contributed by atoms with E-state index in [1.54, 1.807) is 36.4 Å². The fraction of sp³-hybridized carbons (Fsp3) is 0.310. The van der Waals surface area contributed by atoms with E-state index in [2.05, 4.69) is 6.58 Å². The molecule has 0 radical (unpaired) electrons. The summed E-state index contributed by atoms with van der Waals surface area (Å²) < 4.78 is 60.6. The van der Waals surface area contributed by atoms with Gasteiger partial charge >= 0.3 is 0 Å². The molecule has 1 aliphatic heterocycles. The van der Waals surface area contributed by atoms with Gasteiger partial charge in [0.15, 0.2) is 17.9 Å². The highest BCUT2D eigenvalue weighted by Crippen LogP contribution is 2.33. The van der Waals surface area contributed by atoms with E-state index in [9.17, 15) is 13.2 Å². The number of hydrogen-bond acceptors (Lipinski definition) is 3. The number of allylic oxidation sites excluding steroid dienone is 1. The molecule has 0 unspecified atom stereocenters. The minimum Gasteiger partial charge on any atom is -0.490 e. The Morgan fingerprint density at radius 2 is 1.60 bits per heavy atom. The van der Waals surface area contributed by atoms with Crippen molar-refractivity contribution in [1.29, 1.82) is 0 Å². The van der Waals surface area contributed by atoms with Gasteiger partial charge < -0.3 is 14.2 Å². The Balaban J connectivity index is 1.47. The Bertz CT molecular complexity index is 1150. The zero-order valence-corrected chi connectivity index (χ0v) is 19.7. The van der Waals surface area contributed by atoms with Gasteiger partial charge in [-0.3, -0.25) is 0 Å². The molecule has 184 valence electrons. The van der Waals surface area contributed by atoms with Gasteiger partial charge in [-0.25, -0.2) is 8.78 Å². The van der Waals surface area contributed by atoms with Crippen LogP contribution in [0.5, 0.6) is 5.75 Å². The number of ether oxygens (including phenoxy) is 3. The number of benzene rings is 3. The summed E-state index contributed by atoms with van der Waals surface area (Å²) in [6.45, 7) is 6.97. The maximum Gasteiger partial charge on any atom is 0.201 e. The first kappa shape index (κ1) is 25.0. The summed E-state index contributed by atoms with van der Waals surface area (Å²) in [5.41, 5.74) is 2.41. The summed E-state index contributed by atoms with van der Waals surface area (Å²) >= 11 is 0. The third-order valence-corrected chi connectivity index (χ3v) is 6.04. The van der Waals surface area contributed by atoms with Crippen molar-refractivity contribution in [1.82, 2.24) is 0 Å². The zero-order valence-electron chi connectivity index (χ0n) is 19.7. The van der Waals surface area contributed by atoms with E-state index in [1.807, 2.05) is 13.0 Å². The molecule has 4 rings (SSSR count). The summed E-state index contributed by atoms with van der Waals surface area (Å²) in [4.78, 5) is 0. The van der Waals surface area contributed by atoms with Gasteiger partial charge in [0, 0.05) is 17.0 Å². The Morgan fingerprint density at radius 1 is 0.914 bits per heavy atom. The molecular formula is C29H29F3O3. The second-order valence-corrected chi connectivity index (χ2v) is 8.63. The summed E-state index contributed by atoms with van der Waals surface area (Å²) in [6.07, 6.45) is 3.66. The second kappa shape index (κ2) is 11.6. The molecule has 1 aliphatic rings. The fourth-order valence-electron chi connectivity index (χ4n) is 4.06. The average molecular weight is 483 g/mol. The minimum absolute atomic E-state index is 0.0986.